The molecule has 2 N–H and O–H groups in total. The zero-order valence-corrected chi connectivity index (χ0v) is 9.58. The molecule has 1 saturated carbocycles. The lowest BCUT2D eigenvalue weighted by Crippen LogP contribution is -2.45. The normalized spacial score (nSPS) is 26.0. The van der Waals surface area contributed by atoms with Crippen molar-refractivity contribution in [3.63, 3.8) is 0 Å². The van der Waals surface area contributed by atoms with Crippen LogP contribution in [0.15, 0.2) is 0 Å². The number of rotatable bonds is 2. The summed E-state index contributed by atoms with van der Waals surface area (Å²) in [5.41, 5.74) is 0.203. The molecule has 0 amide bonds. The van der Waals surface area contributed by atoms with Gasteiger partial charge in [0.05, 0.1) is 0 Å². The Morgan fingerprint density at radius 1 is 1.12 bits per heavy atom. The Bertz CT molecular complexity index is 322. The van der Waals surface area contributed by atoms with Gasteiger partial charge in [-0.15, -0.1) is 10.2 Å². The highest BCUT2D eigenvalue weighted by molar-refractivity contribution is 5.11. The summed E-state index contributed by atoms with van der Waals surface area (Å²) in [5.74, 6) is 1.73. The van der Waals surface area contributed by atoms with E-state index in [1.165, 1.54) is 25.7 Å². The summed E-state index contributed by atoms with van der Waals surface area (Å²) in [6.07, 6.45) is 7.76. The second-order valence-electron chi connectivity index (χ2n) is 5.12. The Hall–Kier alpha value is -0.970. The molecular formula is C11H19N5. The summed E-state index contributed by atoms with van der Waals surface area (Å²) < 4.78 is 0. The Balaban J connectivity index is 1.92. The van der Waals surface area contributed by atoms with E-state index in [9.17, 15) is 0 Å². The van der Waals surface area contributed by atoms with E-state index < -0.39 is 0 Å². The maximum Gasteiger partial charge on any atom is 0.181 e. The molecule has 0 unspecified atom stereocenters. The third kappa shape index (κ3) is 1.54. The van der Waals surface area contributed by atoms with Crippen molar-refractivity contribution in [1.82, 2.24) is 25.9 Å². The number of piperidine rings is 1. The smallest absolute Gasteiger partial charge is 0.181 e. The van der Waals surface area contributed by atoms with Crippen molar-refractivity contribution in [2.75, 3.05) is 13.1 Å². The second-order valence-corrected chi connectivity index (χ2v) is 5.12. The van der Waals surface area contributed by atoms with Crippen LogP contribution in [0.5, 0.6) is 0 Å². The first-order valence-corrected chi connectivity index (χ1v) is 6.36. The first-order chi connectivity index (χ1) is 7.92. The predicted octanol–water partition coefficient (Wildman–Crippen LogP) is 1.01. The van der Waals surface area contributed by atoms with E-state index in [0.717, 1.165) is 37.7 Å². The Morgan fingerprint density at radius 2 is 1.88 bits per heavy atom. The van der Waals surface area contributed by atoms with Crippen molar-refractivity contribution in [2.24, 2.45) is 5.92 Å². The summed E-state index contributed by atoms with van der Waals surface area (Å²) >= 11 is 0. The lowest BCUT2D eigenvalue weighted by atomic mass is 9.67. The summed E-state index contributed by atoms with van der Waals surface area (Å²) in [6, 6.07) is 0. The van der Waals surface area contributed by atoms with Crippen LogP contribution in [-0.2, 0) is 5.41 Å². The SMILES string of the molecule is C1CCC(C2(c3nn[nH]n3)CCNCC2)C1. The van der Waals surface area contributed by atoms with E-state index in [1.807, 2.05) is 0 Å². The minimum absolute atomic E-state index is 0.203. The predicted molar refractivity (Wildman–Crippen MR) is 59.9 cm³/mol. The van der Waals surface area contributed by atoms with Gasteiger partial charge in [-0.2, -0.15) is 5.21 Å². The van der Waals surface area contributed by atoms with Crippen LogP contribution in [0.25, 0.3) is 0 Å². The van der Waals surface area contributed by atoms with Gasteiger partial charge in [0.1, 0.15) is 0 Å². The van der Waals surface area contributed by atoms with Crippen molar-refractivity contribution in [2.45, 2.75) is 43.9 Å². The molecule has 1 aromatic rings. The van der Waals surface area contributed by atoms with Crippen LogP contribution in [0, 0.1) is 5.92 Å². The molecule has 16 heavy (non-hydrogen) atoms. The first kappa shape index (κ1) is 10.2. The molecule has 2 fully saturated rings. The number of tetrazole rings is 1. The molecule has 0 radical (unpaired) electrons. The van der Waals surface area contributed by atoms with Gasteiger partial charge in [0, 0.05) is 5.41 Å². The molecule has 88 valence electrons. The monoisotopic (exact) mass is 221 g/mol. The molecule has 5 heteroatoms. The maximum absolute atomic E-state index is 4.28. The summed E-state index contributed by atoms with van der Waals surface area (Å²) in [7, 11) is 0. The molecular weight excluding hydrogens is 202 g/mol. The van der Waals surface area contributed by atoms with Crippen molar-refractivity contribution in [3.8, 4) is 0 Å². The van der Waals surface area contributed by atoms with Crippen LogP contribution >= 0.6 is 0 Å². The highest BCUT2D eigenvalue weighted by Gasteiger charge is 2.45. The van der Waals surface area contributed by atoms with Crippen LogP contribution in [0.3, 0.4) is 0 Å². The van der Waals surface area contributed by atoms with Crippen molar-refractivity contribution in [1.29, 1.82) is 0 Å². The van der Waals surface area contributed by atoms with Gasteiger partial charge in [0.15, 0.2) is 5.82 Å². The van der Waals surface area contributed by atoms with E-state index in [4.69, 9.17) is 0 Å². The number of aromatic nitrogens is 4. The van der Waals surface area contributed by atoms with Crippen LogP contribution in [0.1, 0.15) is 44.3 Å². The fourth-order valence-corrected chi connectivity index (χ4v) is 3.54. The Kier molecular flexibility index (Phi) is 2.63. The van der Waals surface area contributed by atoms with Gasteiger partial charge >= 0.3 is 0 Å². The van der Waals surface area contributed by atoms with Crippen molar-refractivity contribution < 1.29 is 0 Å². The minimum atomic E-state index is 0.203. The van der Waals surface area contributed by atoms with Crippen LogP contribution in [-0.4, -0.2) is 33.7 Å². The molecule has 1 aliphatic heterocycles. The second kappa shape index (κ2) is 4.13. The van der Waals surface area contributed by atoms with Gasteiger partial charge in [0.25, 0.3) is 0 Å². The molecule has 2 aliphatic rings. The third-order valence-electron chi connectivity index (χ3n) is 4.42. The maximum atomic E-state index is 4.28. The van der Waals surface area contributed by atoms with Crippen LogP contribution in [0.2, 0.25) is 0 Å². The Morgan fingerprint density at radius 3 is 2.50 bits per heavy atom. The zero-order chi connectivity index (χ0) is 10.8. The number of hydrogen-bond donors (Lipinski definition) is 2. The molecule has 1 aromatic heterocycles. The average molecular weight is 221 g/mol. The van der Waals surface area contributed by atoms with E-state index in [1.54, 1.807) is 0 Å². The van der Waals surface area contributed by atoms with E-state index in [-0.39, 0.29) is 5.41 Å². The van der Waals surface area contributed by atoms with Gasteiger partial charge in [-0.1, -0.05) is 18.1 Å². The third-order valence-corrected chi connectivity index (χ3v) is 4.42. The summed E-state index contributed by atoms with van der Waals surface area (Å²) in [5, 5.41) is 18.4. The fraction of sp³-hybridized carbons (Fsp3) is 0.909. The number of nitrogens with one attached hydrogen (secondary N) is 2. The lowest BCUT2D eigenvalue weighted by molar-refractivity contribution is 0.191. The highest BCUT2D eigenvalue weighted by Crippen LogP contribution is 2.46. The van der Waals surface area contributed by atoms with Gasteiger partial charge in [-0.05, 0) is 44.7 Å². The number of hydrogen-bond acceptors (Lipinski definition) is 4. The topological polar surface area (TPSA) is 66.5 Å². The number of H-pyrrole nitrogens is 1. The Labute approximate surface area is 95.4 Å². The average Bonchev–Trinajstić information content (AvgIpc) is 3.04. The molecule has 1 aliphatic carbocycles. The van der Waals surface area contributed by atoms with Gasteiger partial charge in [0.2, 0.25) is 0 Å². The van der Waals surface area contributed by atoms with Crippen LogP contribution < -0.4 is 5.32 Å². The van der Waals surface area contributed by atoms with Gasteiger partial charge in [-0.25, -0.2) is 0 Å². The van der Waals surface area contributed by atoms with Crippen molar-refractivity contribution in [3.05, 3.63) is 5.82 Å². The molecule has 0 bridgehead atoms. The quantitative estimate of drug-likeness (QED) is 0.782. The minimum Gasteiger partial charge on any atom is -0.317 e. The van der Waals surface area contributed by atoms with Crippen LogP contribution in [0.4, 0.5) is 0 Å². The van der Waals surface area contributed by atoms with E-state index in [0.29, 0.717) is 0 Å². The number of nitrogens with zero attached hydrogens (tertiary/aromatic N) is 3. The van der Waals surface area contributed by atoms with Gasteiger partial charge < -0.3 is 5.32 Å². The molecule has 0 atom stereocenters. The largest absolute Gasteiger partial charge is 0.317 e. The molecule has 1 saturated heterocycles. The fourth-order valence-electron chi connectivity index (χ4n) is 3.54. The number of aromatic amines is 1. The van der Waals surface area contributed by atoms with E-state index >= 15 is 0 Å². The lowest BCUT2D eigenvalue weighted by Gasteiger charge is -2.39. The molecule has 5 nitrogen and oxygen atoms in total. The molecule has 0 aromatic carbocycles. The first-order valence-electron chi connectivity index (χ1n) is 6.36. The molecule has 2 heterocycles. The van der Waals surface area contributed by atoms with Crippen molar-refractivity contribution >= 4 is 0 Å². The zero-order valence-electron chi connectivity index (χ0n) is 9.58. The standard InChI is InChI=1S/C11H19N5/c1-2-4-9(3-1)11(5-7-12-8-6-11)10-13-15-16-14-10/h9,12H,1-8H2,(H,13,14,15,16). The molecule has 0 spiro atoms. The van der Waals surface area contributed by atoms with Gasteiger partial charge in [-0.3, -0.25) is 0 Å². The van der Waals surface area contributed by atoms with E-state index in [2.05, 4.69) is 25.9 Å². The highest BCUT2D eigenvalue weighted by atomic mass is 15.5. The summed E-state index contributed by atoms with van der Waals surface area (Å²) in [4.78, 5) is 0. The molecule has 3 rings (SSSR count). The summed E-state index contributed by atoms with van der Waals surface area (Å²) in [6.45, 7) is 2.18.